The van der Waals surface area contributed by atoms with Crippen LogP contribution in [0.2, 0.25) is 0 Å². The zero-order chi connectivity index (χ0) is 25.9. The van der Waals surface area contributed by atoms with Gasteiger partial charge in [-0.2, -0.15) is 26.3 Å². The minimum atomic E-state index is -4.91. The smallest absolute Gasteiger partial charge is 0.416 e. The van der Waals surface area contributed by atoms with E-state index in [1.807, 2.05) is 49.4 Å². The van der Waals surface area contributed by atoms with Gasteiger partial charge in [0.05, 0.1) is 17.7 Å². The Morgan fingerprint density at radius 2 is 1.42 bits per heavy atom. The molecule has 0 aliphatic carbocycles. The Kier molecular flexibility index (Phi) is 10.0. The van der Waals surface area contributed by atoms with Crippen molar-refractivity contribution >= 4 is 10.8 Å². The number of halogens is 7. The van der Waals surface area contributed by atoms with Gasteiger partial charge in [-0.1, -0.05) is 55.8 Å². The number of benzene rings is 3. The van der Waals surface area contributed by atoms with Crippen molar-refractivity contribution in [2.24, 2.45) is 0 Å². The first-order valence-electron chi connectivity index (χ1n) is 11.6. The fraction of sp³-hybridized carbons (Fsp3) is 0.407. The average Bonchev–Trinajstić information content (AvgIpc) is 2.76. The van der Waals surface area contributed by atoms with Crippen LogP contribution in [0.15, 0.2) is 60.7 Å². The summed E-state index contributed by atoms with van der Waals surface area (Å²) in [5.74, 6) is 0. The van der Waals surface area contributed by atoms with E-state index in [1.54, 1.807) is 6.92 Å². The summed E-state index contributed by atoms with van der Waals surface area (Å²) in [5.41, 5.74) is -1.76. The monoisotopic (exact) mass is 577 g/mol. The number of rotatable bonds is 9. The SMILES string of the molecule is CCCC[N+](Cc1cc(C(F)(F)F)cc(C(F)(F)F)c1)(Cc1cccc2ccccc12)C[C@H](C)O.[Br-]. The molecule has 9 heteroatoms. The Morgan fingerprint density at radius 3 is 1.97 bits per heavy atom. The molecule has 1 unspecified atom stereocenters. The van der Waals surface area contributed by atoms with Crippen molar-refractivity contribution in [1.82, 2.24) is 0 Å². The largest absolute Gasteiger partial charge is 1.00 e. The molecule has 1 N–H and O–H groups in total. The van der Waals surface area contributed by atoms with Crippen LogP contribution in [-0.4, -0.2) is 28.8 Å². The van der Waals surface area contributed by atoms with Crippen molar-refractivity contribution < 1.29 is 52.9 Å². The molecule has 2 atom stereocenters. The summed E-state index contributed by atoms with van der Waals surface area (Å²) in [7, 11) is 0. The highest BCUT2D eigenvalue weighted by Crippen LogP contribution is 2.37. The minimum absolute atomic E-state index is 0. The molecule has 0 saturated heterocycles. The number of fused-ring (bicyclic) bond motifs is 1. The maximum Gasteiger partial charge on any atom is 0.416 e. The molecular weight excluding hydrogens is 548 g/mol. The van der Waals surface area contributed by atoms with Gasteiger partial charge in [0, 0.05) is 11.1 Å². The van der Waals surface area contributed by atoms with E-state index in [1.165, 1.54) is 0 Å². The molecule has 0 spiro atoms. The summed E-state index contributed by atoms with van der Waals surface area (Å²) in [6.45, 7) is 4.56. The Hall–Kier alpha value is -2.10. The Morgan fingerprint density at radius 1 is 0.833 bits per heavy atom. The third-order valence-corrected chi connectivity index (χ3v) is 6.19. The molecule has 0 bridgehead atoms. The van der Waals surface area contributed by atoms with Crippen LogP contribution in [0, 0.1) is 0 Å². The van der Waals surface area contributed by atoms with Gasteiger partial charge < -0.3 is 26.6 Å². The second kappa shape index (κ2) is 12.0. The van der Waals surface area contributed by atoms with Gasteiger partial charge in [0.1, 0.15) is 25.7 Å². The number of quaternary nitrogens is 1. The zero-order valence-electron chi connectivity index (χ0n) is 20.1. The van der Waals surface area contributed by atoms with Gasteiger partial charge in [-0.25, -0.2) is 0 Å². The summed E-state index contributed by atoms with van der Waals surface area (Å²) >= 11 is 0. The van der Waals surface area contributed by atoms with E-state index in [0.717, 1.165) is 34.9 Å². The van der Waals surface area contributed by atoms with Crippen LogP contribution in [0.5, 0.6) is 0 Å². The van der Waals surface area contributed by atoms with Crippen molar-refractivity contribution in [1.29, 1.82) is 0 Å². The molecule has 0 saturated carbocycles. The van der Waals surface area contributed by atoms with E-state index in [4.69, 9.17) is 0 Å². The number of alkyl halides is 6. The van der Waals surface area contributed by atoms with Gasteiger partial charge in [-0.15, -0.1) is 0 Å². The van der Waals surface area contributed by atoms with Gasteiger partial charge in [-0.3, -0.25) is 0 Å². The summed E-state index contributed by atoms with van der Waals surface area (Å²) in [5, 5.41) is 12.3. The Balaban J connectivity index is 0.00000456. The van der Waals surface area contributed by atoms with Crippen LogP contribution in [0.4, 0.5) is 26.3 Å². The van der Waals surface area contributed by atoms with Gasteiger partial charge >= 0.3 is 12.4 Å². The fourth-order valence-corrected chi connectivity index (χ4v) is 4.78. The van der Waals surface area contributed by atoms with Gasteiger partial charge in [0.2, 0.25) is 0 Å². The molecule has 0 amide bonds. The van der Waals surface area contributed by atoms with E-state index in [-0.39, 0.29) is 46.2 Å². The van der Waals surface area contributed by atoms with Crippen molar-refractivity contribution in [2.75, 3.05) is 13.1 Å². The van der Waals surface area contributed by atoms with E-state index in [0.29, 0.717) is 19.5 Å². The number of hydrogen-bond donors (Lipinski definition) is 1. The summed E-state index contributed by atoms with van der Waals surface area (Å²) in [4.78, 5) is 0. The molecule has 0 aromatic heterocycles. The van der Waals surface area contributed by atoms with Crippen LogP contribution >= 0.6 is 0 Å². The summed E-state index contributed by atoms with van der Waals surface area (Å²) in [6.07, 6.45) is -9.10. The molecule has 2 nitrogen and oxygen atoms in total. The van der Waals surface area contributed by atoms with E-state index in [2.05, 4.69) is 0 Å². The highest BCUT2D eigenvalue weighted by atomic mass is 79.9. The van der Waals surface area contributed by atoms with Crippen LogP contribution in [0.1, 0.15) is 48.9 Å². The number of hydrogen-bond acceptors (Lipinski definition) is 1. The molecule has 3 aromatic rings. The highest BCUT2D eigenvalue weighted by Gasteiger charge is 2.38. The number of nitrogens with zero attached hydrogens (tertiary/aromatic N) is 1. The molecule has 0 radical (unpaired) electrons. The predicted molar refractivity (Wildman–Crippen MR) is 124 cm³/mol. The maximum absolute atomic E-state index is 13.5. The van der Waals surface area contributed by atoms with Crippen molar-refractivity contribution in [3.63, 3.8) is 0 Å². The van der Waals surface area contributed by atoms with E-state index >= 15 is 0 Å². The highest BCUT2D eigenvalue weighted by molar-refractivity contribution is 5.85. The molecule has 36 heavy (non-hydrogen) atoms. The number of aliphatic hydroxyl groups excluding tert-OH is 1. The fourth-order valence-electron chi connectivity index (χ4n) is 4.78. The summed E-state index contributed by atoms with van der Waals surface area (Å²) < 4.78 is 81.1. The molecule has 3 rings (SSSR count). The van der Waals surface area contributed by atoms with Crippen LogP contribution in [-0.2, 0) is 25.4 Å². The second-order valence-electron chi connectivity index (χ2n) is 9.32. The lowest BCUT2D eigenvalue weighted by Crippen LogP contribution is -3.00. The quantitative estimate of drug-likeness (QED) is 0.291. The maximum atomic E-state index is 13.5. The van der Waals surface area contributed by atoms with Crippen molar-refractivity contribution in [3.05, 3.63) is 82.9 Å². The first-order valence-corrected chi connectivity index (χ1v) is 11.6. The minimum Gasteiger partial charge on any atom is -1.00 e. The molecule has 0 heterocycles. The second-order valence-corrected chi connectivity index (χ2v) is 9.32. The van der Waals surface area contributed by atoms with E-state index in [9.17, 15) is 31.4 Å². The number of aliphatic hydroxyl groups is 1. The molecule has 0 fully saturated rings. The predicted octanol–water partition coefficient (Wildman–Crippen LogP) is 4.58. The van der Waals surface area contributed by atoms with Crippen molar-refractivity contribution in [2.45, 2.75) is 58.2 Å². The van der Waals surface area contributed by atoms with Crippen LogP contribution in [0.3, 0.4) is 0 Å². The zero-order valence-corrected chi connectivity index (χ0v) is 21.7. The Labute approximate surface area is 217 Å². The van der Waals surface area contributed by atoms with Gasteiger partial charge in [0.15, 0.2) is 0 Å². The van der Waals surface area contributed by atoms with Crippen LogP contribution < -0.4 is 17.0 Å². The average molecular weight is 578 g/mol. The molecule has 198 valence electrons. The van der Waals surface area contributed by atoms with Gasteiger partial charge in [-0.05, 0) is 42.3 Å². The lowest BCUT2D eigenvalue weighted by Gasteiger charge is -2.40. The number of unbranched alkanes of at least 4 members (excludes halogenated alkanes) is 1. The topological polar surface area (TPSA) is 20.2 Å². The van der Waals surface area contributed by atoms with Gasteiger partial charge in [0.25, 0.3) is 0 Å². The lowest BCUT2D eigenvalue weighted by atomic mass is 10.00. The standard InChI is InChI=1S/C27H30F6NO.BrH/c1-3-4-12-34(16-19(2)35,18-22-10-7-9-21-8-5-6-11-25(21)22)17-20-13-23(26(28,29)30)15-24(14-20)27(31,32)33;/h5-11,13-15,19,35H,3-4,12,16-18H2,1-2H3;1H/q+1;/p-1/t19-,34?;/m0./s1. The summed E-state index contributed by atoms with van der Waals surface area (Å²) in [6, 6.07) is 15.2. The van der Waals surface area contributed by atoms with E-state index < -0.39 is 29.6 Å². The first-order chi connectivity index (χ1) is 16.3. The molecule has 3 aromatic carbocycles. The molecule has 0 aliphatic rings. The third kappa shape index (κ3) is 7.70. The molecule has 0 aliphatic heterocycles. The lowest BCUT2D eigenvalue weighted by molar-refractivity contribution is -0.956. The first kappa shape index (κ1) is 30.1. The normalized spacial score (nSPS) is 14.8. The third-order valence-electron chi connectivity index (χ3n) is 6.19. The Bertz CT molecular complexity index is 1110. The van der Waals surface area contributed by atoms with Crippen LogP contribution in [0.25, 0.3) is 10.8 Å². The molecular formula is C27H30BrF6NO. The van der Waals surface area contributed by atoms with Crippen molar-refractivity contribution in [3.8, 4) is 0 Å².